The lowest BCUT2D eigenvalue weighted by Crippen LogP contribution is -2.32. The number of hydrogen-bond donors (Lipinski definition) is 3. The van der Waals surface area contributed by atoms with E-state index in [1.165, 1.54) is 12.1 Å². The van der Waals surface area contributed by atoms with E-state index in [0.29, 0.717) is 5.69 Å². The standard InChI is InChI=1S/C12H12ClFN6O3/c13-7-5-6(1-2-8(7)14)18-10(15)9-11(20-23-19-9)22-4-3-17-12(16)21/h1-2,5H,3-4H2,(H2,15,18)(H3,16,17,21). The van der Waals surface area contributed by atoms with E-state index < -0.39 is 11.8 Å². The molecule has 1 aromatic carbocycles. The molecule has 0 saturated carbocycles. The van der Waals surface area contributed by atoms with Crippen molar-refractivity contribution in [1.29, 1.82) is 0 Å². The quantitative estimate of drug-likeness (QED) is 0.405. The Hall–Kier alpha value is -2.88. The van der Waals surface area contributed by atoms with E-state index in [-0.39, 0.29) is 35.6 Å². The molecule has 122 valence electrons. The Morgan fingerprint density at radius 3 is 2.91 bits per heavy atom. The van der Waals surface area contributed by atoms with Crippen molar-refractivity contribution in [3.05, 3.63) is 34.7 Å². The average Bonchev–Trinajstić information content (AvgIpc) is 2.96. The topological polar surface area (TPSA) is 142 Å². The molecule has 0 aliphatic heterocycles. The van der Waals surface area contributed by atoms with Gasteiger partial charge in [0.25, 0.3) is 5.88 Å². The second-order valence-electron chi connectivity index (χ2n) is 4.15. The SMILES string of the molecule is NC(=O)NCCOc1nonc1C(N)=Nc1ccc(F)c(Cl)c1. The van der Waals surface area contributed by atoms with E-state index in [2.05, 4.69) is 25.3 Å². The molecular weight excluding hydrogens is 331 g/mol. The Balaban J connectivity index is 2.08. The molecule has 11 heteroatoms. The molecule has 23 heavy (non-hydrogen) atoms. The zero-order valence-electron chi connectivity index (χ0n) is 11.6. The Morgan fingerprint density at radius 2 is 2.22 bits per heavy atom. The largest absolute Gasteiger partial charge is 0.472 e. The summed E-state index contributed by atoms with van der Waals surface area (Å²) in [7, 11) is 0. The highest BCUT2D eigenvalue weighted by molar-refractivity contribution is 6.31. The number of carbonyl (C=O) groups is 1. The van der Waals surface area contributed by atoms with Crippen LogP contribution in [0, 0.1) is 5.82 Å². The van der Waals surface area contributed by atoms with Crippen LogP contribution in [0.4, 0.5) is 14.9 Å². The summed E-state index contributed by atoms with van der Waals surface area (Å²) in [5.41, 5.74) is 11.1. The first kappa shape index (κ1) is 16.5. The summed E-state index contributed by atoms with van der Waals surface area (Å²) in [4.78, 5) is 14.6. The average molecular weight is 343 g/mol. The maximum Gasteiger partial charge on any atom is 0.312 e. The van der Waals surface area contributed by atoms with Gasteiger partial charge in [-0.15, -0.1) is 0 Å². The Bertz CT molecular complexity index is 735. The van der Waals surface area contributed by atoms with Crippen LogP contribution in [0.1, 0.15) is 5.69 Å². The first-order valence-electron chi connectivity index (χ1n) is 6.25. The summed E-state index contributed by atoms with van der Waals surface area (Å²) in [5.74, 6) is -0.643. The minimum absolute atomic E-state index is 0.00858. The lowest BCUT2D eigenvalue weighted by Gasteiger charge is -2.04. The van der Waals surface area contributed by atoms with Crippen molar-refractivity contribution >= 4 is 29.2 Å². The first-order chi connectivity index (χ1) is 11.0. The normalized spacial score (nSPS) is 11.3. The molecule has 5 N–H and O–H groups in total. The molecule has 0 aliphatic carbocycles. The van der Waals surface area contributed by atoms with Crippen molar-refractivity contribution in [2.75, 3.05) is 13.2 Å². The molecule has 0 aliphatic rings. The number of primary amides is 1. The van der Waals surface area contributed by atoms with E-state index in [9.17, 15) is 9.18 Å². The van der Waals surface area contributed by atoms with Crippen LogP contribution in [0.2, 0.25) is 5.02 Å². The lowest BCUT2D eigenvalue weighted by atomic mass is 10.3. The maximum absolute atomic E-state index is 13.1. The lowest BCUT2D eigenvalue weighted by molar-refractivity contribution is 0.238. The number of urea groups is 1. The summed E-state index contributed by atoms with van der Waals surface area (Å²) in [6, 6.07) is 3.16. The summed E-state index contributed by atoms with van der Waals surface area (Å²) >= 11 is 5.66. The van der Waals surface area contributed by atoms with Crippen LogP contribution >= 0.6 is 11.6 Å². The van der Waals surface area contributed by atoms with Gasteiger partial charge in [0.05, 0.1) is 17.3 Å². The molecule has 9 nitrogen and oxygen atoms in total. The zero-order valence-corrected chi connectivity index (χ0v) is 12.4. The summed E-state index contributed by atoms with van der Waals surface area (Å²) < 4.78 is 22.9. The number of ether oxygens (including phenoxy) is 1. The number of aromatic nitrogens is 2. The smallest absolute Gasteiger partial charge is 0.312 e. The molecule has 0 radical (unpaired) electrons. The van der Waals surface area contributed by atoms with Gasteiger partial charge in [-0.3, -0.25) is 0 Å². The van der Waals surface area contributed by atoms with Gasteiger partial charge in [0, 0.05) is 0 Å². The van der Waals surface area contributed by atoms with Gasteiger partial charge in [0.2, 0.25) is 5.69 Å². The number of nitrogens with zero attached hydrogens (tertiary/aromatic N) is 3. The fourth-order valence-electron chi connectivity index (χ4n) is 1.50. The van der Waals surface area contributed by atoms with Gasteiger partial charge in [0.15, 0.2) is 5.84 Å². The third-order valence-electron chi connectivity index (χ3n) is 2.49. The molecule has 2 rings (SSSR count). The number of nitrogens with one attached hydrogen (secondary N) is 1. The van der Waals surface area contributed by atoms with Crippen LogP contribution in [-0.2, 0) is 0 Å². The second-order valence-corrected chi connectivity index (χ2v) is 4.56. The van der Waals surface area contributed by atoms with Crippen molar-refractivity contribution in [1.82, 2.24) is 15.6 Å². The minimum Gasteiger partial charge on any atom is -0.472 e. The molecule has 0 fully saturated rings. The molecule has 1 aromatic heterocycles. The number of rotatable bonds is 6. The third kappa shape index (κ3) is 4.54. The first-order valence-corrected chi connectivity index (χ1v) is 6.63. The van der Waals surface area contributed by atoms with Gasteiger partial charge < -0.3 is 21.5 Å². The zero-order chi connectivity index (χ0) is 16.8. The number of halogens is 2. The third-order valence-corrected chi connectivity index (χ3v) is 2.78. The van der Waals surface area contributed by atoms with Crippen molar-refractivity contribution in [2.45, 2.75) is 0 Å². The van der Waals surface area contributed by atoms with Crippen LogP contribution in [0.25, 0.3) is 0 Å². The highest BCUT2D eigenvalue weighted by Gasteiger charge is 2.16. The van der Waals surface area contributed by atoms with Crippen molar-refractivity contribution in [3.63, 3.8) is 0 Å². The van der Waals surface area contributed by atoms with Gasteiger partial charge in [0.1, 0.15) is 12.4 Å². The van der Waals surface area contributed by atoms with Gasteiger partial charge in [-0.05, 0) is 28.5 Å². The molecule has 0 unspecified atom stereocenters. The monoisotopic (exact) mass is 342 g/mol. The highest BCUT2D eigenvalue weighted by atomic mass is 35.5. The fourth-order valence-corrected chi connectivity index (χ4v) is 1.67. The van der Waals surface area contributed by atoms with Crippen molar-refractivity contribution in [3.8, 4) is 5.88 Å². The number of carbonyl (C=O) groups excluding carboxylic acids is 1. The molecule has 2 amide bonds. The van der Waals surface area contributed by atoms with E-state index in [1.54, 1.807) is 0 Å². The fraction of sp³-hybridized carbons (Fsp3) is 0.167. The van der Waals surface area contributed by atoms with E-state index in [4.69, 9.17) is 27.8 Å². The molecule has 0 saturated heterocycles. The number of aliphatic imine (C=N–C) groups is 1. The predicted octanol–water partition coefficient (Wildman–Crippen LogP) is 0.946. The van der Waals surface area contributed by atoms with Gasteiger partial charge >= 0.3 is 6.03 Å². The van der Waals surface area contributed by atoms with Gasteiger partial charge in [-0.25, -0.2) is 18.8 Å². The minimum atomic E-state index is -0.679. The maximum atomic E-state index is 13.1. The molecule has 0 bridgehead atoms. The van der Waals surface area contributed by atoms with E-state index in [1.807, 2.05) is 0 Å². The summed E-state index contributed by atoms with van der Waals surface area (Å²) in [5, 5.41) is 9.35. The molecule has 0 spiro atoms. The molecular formula is C12H12ClFN6O3. The molecule has 2 aromatic rings. The van der Waals surface area contributed by atoms with E-state index >= 15 is 0 Å². The number of amidine groups is 1. The number of nitrogens with two attached hydrogens (primary N) is 2. The van der Waals surface area contributed by atoms with Crippen LogP contribution in [0.5, 0.6) is 5.88 Å². The highest BCUT2D eigenvalue weighted by Crippen LogP contribution is 2.22. The predicted molar refractivity (Wildman–Crippen MR) is 79.2 cm³/mol. The summed E-state index contributed by atoms with van der Waals surface area (Å²) in [6.07, 6.45) is 0. The molecule has 0 atom stereocenters. The van der Waals surface area contributed by atoms with E-state index in [0.717, 1.165) is 6.07 Å². The van der Waals surface area contributed by atoms with Crippen LogP contribution < -0.4 is 21.5 Å². The Kier molecular flexibility index (Phi) is 5.31. The van der Waals surface area contributed by atoms with Crippen LogP contribution in [0.15, 0.2) is 27.8 Å². The Labute approximate surface area is 134 Å². The van der Waals surface area contributed by atoms with Crippen LogP contribution in [-0.4, -0.2) is 35.3 Å². The van der Waals surface area contributed by atoms with Gasteiger partial charge in [-0.1, -0.05) is 11.6 Å². The number of amides is 2. The number of benzene rings is 1. The van der Waals surface area contributed by atoms with Crippen molar-refractivity contribution in [2.24, 2.45) is 16.5 Å². The summed E-state index contributed by atoms with van der Waals surface area (Å²) in [6.45, 7) is 0.228. The Morgan fingerprint density at radius 1 is 1.43 bits per heavy atom. The second kappa shape index (κ2) is 7.40. The number of hydrogen-bond acceptors (Lipinski definition) is 6. The van der Waals surface area contributed by atoms with Crippen molar-refractivity contribution < 1.29 is 18.6 Å². The van der Waals surface area contributed by atoms with Crippen LogP contribution in [0.3, 0.4) is 0 Å². The molecule has 1 heterocycles. The van der Waals surface area contributed by atoms with Gasteiger partial charge in [-0.2, -0.15) is 0 Å².